The maximum atomic E-state index is 11.8. The van der Waals surface area contributed by atoms with E-state index in [1.54, 1.807) is 11.8 Å². The predicted molar refractivity (Wildman–Crippen MR) is 80.9 cm³/mol. The van der Waals surface area contributed by atoms with Crippen LogP contribution in [0, 0.1) is 0 Å². The molecule has 0 saturated heterocycles. The normalized spacial score (nSPS) is 13.2. The molecule has 0 saturated carbocycles. The number of nitrogens with zero attached hydrogens (tertiary/aromatic N) is 1. The molecule has 0 aliphatic carbocycles. The topological polar surface area (TPSA) is 49.4 Å². The van der Waals surface area contributed by atoms with E-state index in [9.17, 15) is 9.59 Å². The lowest BCUT2D eigenvalue weighted by Gasteiger charge is -2.15. The maximum absolute atomic E-state index is 11.8. The minimum Gasteiger partial charge on any atom is -0.326 e. The van der Waals surface area contributed by atoms with E-state index in [2.05, 4.69) is 12.2 Å². The van der Waals surface area contributed by atoms with Crippen LogP contribution >= 0.6 is 0 Å². The first kappa shape index (κ1) is 14.6. The zero-order chi connectivity index (χ0) is 14.5. The van der Waals surface area contributed by atoms with E-state index in [4.69, 9.17) is 0 Å². The largest absolute Gasteiger partial charge is 0.326 e. The van der Waals surface area contributed by atoms with E-state index in [1.165, 1.54) is 0 Å². The fraction of sp³-hybridized carbons (Fsp3) is 0.500. The molecule has 0 unspecified atom stereocenters. The average Bonchev–Trinajstić information content (AvgIpc) is 2.82. The molecule has 0 fully saturated rings. The van der Waals surface area contributed by atoms with Gasteiger partial charge in [-0.25, -0.2) is 0 Å². The van der Waals surface area contributed by atoms with E-state index in [0.717, 1.165) is 49.2 Å². The van der Waals surface area contributed by atoms with Crippen LogP contribution in [-0.4, -0.2) is 18.4 Å². The summed E-state index contributed by atoms with van der Waals surface area (Å²) in [5.74, 6) is 0.139. The van der Waals surface area contributed by atoms with Crippen molar-refractivity contribution in [2.45, 2.75) is 46.0 Å². The second-order valence-electron chi connectivity index (χ2n) is 5.27. The molecule has 0 spiro atoms. The van der Waals surface area contributed by atoms with Crippen molar-refractivity contribution in [2.75, 3.05) is 16.8 Å². The standard InChI is InChI=1S/C16H22N2O2/c1-3-4-5-6-16(20)17-14-7-8-15-13(11-14)9-10-18(15)12(2)19/h7-8,11H,3-6,9-10H2,1-2H3,(H,17,20). The van der Waals surface area contributed by atoms with Gasteiger partial charge in [0.15, 0.2) is 0 Å². The van der Waals surface area contributed by atoms with Gasteiger partial charge in [-0.15, -0.1) is 0 Å². The Bertz CT molecular complexity index is 511. The number of nitrogens with one attached hydrogen (secondary N) is 1. The molecule has 0 radical (unpaired) electrons. The van der Waals surface area contributed by atoms with E-state index < -0.39 is 0 Å². The quantitative estimate of drug-likeness (QED) is 0.839. The van der Waals surface area contributed by atoms with Crippen LogP contribution in [0.15, 0.2) is 18.2 Å². The maximum Gasteiger partial charge on any atom is 0.224 e. The fourth-order valence-electron chi connectivity index (χ4n) is 2.57. The number of unbranched alkanes of at least 4 members (excludes halogenated alkanes) is 2. The smallest absolute Gasteiger partial charge is 0.224 e. The molecule has 108 valence electrons. The van der Waals surface area contributed by atoms with Crippen molar-refractivity contribution >= 4 is 23.2 Å². The van der Waals surface area contributed by atoms with Gasteiger partial charge in [0.2, 0.25) is 11.8 Å². The highest BCUT2D eigenvalue weighted by molar-refractivity contribution is 5.95. The average molecular weight is 274 g/mol. The summed E-state index contributed by atoms with van der Waals surface area (Å²) >= 11 is 0. The Balaban J connectivity index is 1.98. The molecule has 2 amide bonds. The molecule has 4 heteroatoms. The molecule has 0 atom stereocenters. The summed E-state index contributed by atoms with van der Waals surface area (Å²) in [6.45, 7) is 4.44. The van der Waals surface area contributed by atoms with Crippen LogP contribution in [0.1, 0.15) is 45.1 Å². The number of fused-ring (bicyclic) bond motifs is 1. The molecule has 2 rings (SSSR count). The van der Waals surface area contributed by atoms with Gasteiger partial charge in [0, 0.05) is 31.3 Å². The number of anilines is 2. The first-order chi connectivity index (χ1) is 9.61. The van der Waals surface area contributed by atoms with Crippen molar-refractivity contribution in [3.8, 4) is 0 Å². The minimum absolute atomic E-state index is 0.0693. The van der Waals surface area contributed by atoms with Crippen LogP contribution < -0.4 is 10.2 Å². The molecule has 1 aromatic carbocycles. The minimum atomic E-state index is 0.0693. The van der Waals surface area contributed by atoms with Crippen molar-refractivity contribution in [3.63, 3.8) is 0 Å². The van der Waals surface area contributed by atoms with E-state index >= 15 is 0 Å². The van der Waals surface area contributed by atoms with Gasteiger partial charge < -0.3 is 10.2 Å². The van der Waals surface area contributed by atoms with Crippen LogP contribution in [0.5, 0.6) is 0 Å². The summed E-state index contributed by atoms with van der Waals surface area (Å²) in [5, 5.41) is 2.93. The third-order valence-electron chi connectivity index (χ3n) is 3.65. The van der Waals surface area contributed by atoms with E-state index in [-0.39, 0.29) is 11.8 Å². The molecular formula is C16H22N2O2. The molecule has 0 bridgehead atoms. The Hall–Kier alpha value is -1.84. The number of hydrogen-bond acceptors (Lipinski definition) is 2. The van der Waals surface area contributed by atoms with Crippen LogP contribution in [0.2, 0.25) is 0 Å². The Morgan fingerprint density at radius 1 is 1.30 bits per heavy atom. The monoisotopic (exact) mass is 274 g/mol. The van der Waals surface area contributed by atoms with Crippen LogP contribution in [0.3, 0.4) is 0 Å². The molecule has 1 N–H and O–H groups in total. The Morgan fingerprint density at radius 3 is 2.80 bits per heavy atom. The van der Waals surface area contributed by atoms with Gasteiger partial charge in [-0.1, -0.05) is 19.8 Å². The lowest BCUT2D eigenvalue weighted by molar-refractivity contribution is -0.117. The summed E-state index contributed by atoms with van der Waals surface area (Å²) < 4.78 is 0. The Kier molecular flexibility index (Phi) is 4.77. The van der Waals surface area contributed by atoms with Crippen molar-refractivity contribution in [1.82, 2.24) is 0 Å². The SMILES string of the molecule is CCCCCC(=O)Nc1ccc2c(c1)CCN2C(C)=O. The molecule has 1 heterocycles. The molecule has 20 heavy (non-hydrogen) atoms. The molecule has 1 aliphatic rings. The summed E-state index contributed by atoms with van der Waals surface area (Å²) in [4.78, 5) is 25.0. The molecule has 4 nitrogen and oxygen atoms in total. The van der Waals surface area contributed by atoms with Crippen molar-refractivity contribution in [3.05, 3.63) is 23.8 Å². The summed E-state index contributed by atoms with van der Waals surface area (Å²) in [7, 11) is 0. The van der Waals surface area contributed by atoms with E-state index in [0.29, 0.717) is 6.42 Å². The number of carbonyl (C=O) groups excluding carboxylic acids is 2. The van der Waals surface area contributed by atoms with Crippen LogP contribution in [-0.2, 0) is 16.0 Å². The fourth-order valence-corrected chi connectivity index (χ4v) is 2.57. The number of benzene rings is 1. The van der Waals surface area contributed by atoms with E-state index in [1.807, 2.05) is 18.2 Å². The Labute approximate surface area is 120 Å². The summed E-state index contributed by atoms with van der Waals surface area (Å²) in [6.07, 6.45) is 4.57. The number of amides is 2. The van der Waals surface area contributed by atoms with Crippen molar-refractivity contribution in [2.24, 2.45) is 0 Å². The Morgan fingerprint density at radius 2 is 2.10 bits per heavy atom. The third-order valence-corrected chi connectivity index (χ3v) is 3.65. The highest BCUT2D eigenvalue weighted by Gasteiger charge is 2.22. The van der Waals surface area contributed by atoms with Gasteiger partial charge in [0.1, 0.15) is 0 Å². The number of hydrogen-bond donors (Lipinski definition) is 1. The number of carbonyl (C=O) groups is 2. The van der Waals surface area contributed by atoms with Crippen LogP contribution in [0.4, 0.5) is 11.4 Å². The zero-order valence-electron chi connectivity index (χ0n) is 12.2. The van der Waals surface area contributed by atoms with Gasteiger partial charge in [0.05, 0.1) is 0 Å². The molecular weight excluding hydrogens is 252 g/mol. The number of rotatable bonds is 5. The van der Waals surface area contributed by atoms with Gasteiger partial charge in [0.25, 0.3) is 0 Å². The second-order valence-corrected chi connectivity index (χ2v) is 5.27. The lowest BCUT2D eigenvalue weighted by atomic mass is 10.1. The van der Waals surface area contributed by atoms with Gasteiger partial charge in [-0.05, 0) is 36.6 Å². The van der Waals surface area contributed by atoms with Crippen molar-refractivity contribution in [1.29, 1.82) is 0 Å². The highest BCUT2D eigenvalue weighted by atomic mass is 16.2. The summed E-state index contributed by atoms with van der Waals surface area (Å²) in [5.41, 5.74) is 2.93. The lowest BCUT2D eigenvalue weighted by Crippen LogP contribution is -2.25. The van der Waals surface area contributed by atoms with Gasteiger partial charge in [-0.2, -0.15) is 0 Å². The highest BCUT2D eigenvalue weighted by Crippen LogP contribution is 2.30. The first-order valence-corrected chi connectivity index (χ1v) is 7.32. The summed E-state index contributed by atoms with van der Waals surface area (Å²) in [6, 6.07) is 5.78. The third kappa shape index (κ3) is 3.38. The van der Waals surface area contributed by atoms with Crippen LogP contribution in [0.25, 0.3) is 0 Å². The predicted octanol–water partition coefficient (Wildman–Crippen LogP) is 3.11. The van der Waals surface area contributed by atoms with Gasteiger partial charge in [-0.3, -0.25) is 9.59 Å². The molecule has 1 aromatic rings. The second kappa shape index (κ2) is 6.55. The first-order valence-electron chi connectivity index (χ1n) is 7.32. The molecule has 1 aliphatic heterocycles. The zero-order valence-corrected chi connectivity index (χ0v) is 12.2. The molecule has 0 aromatic heterocycles. The van der Waals surface area contributed by atoms with Crippen molar-refractivity contribution < 1.29 is 9.59 Å². The van der Waals surface area contributed by atoms with Gasteiger partial charge >= 0.3 is 0 Å².